The van der Waals surface area contributed by atoms with Gasteiger partial charge in [-0.2, -0.15) is 0 Å². The highest BCUT2D eigenvalue weighted by atomic mass is 16.5. The van der Waals surface area contributed by atoms with Crippen LogP contribution in [0.2, 0.25) is 0 Å². The zero-order chi connectivity index (χ0) is 18.9. The molecule has 0 saturated carbocycles. The minimum Gasteiger partial charge on any atom is -0.480 e. The van der Waals surface area contributed by atoms with Crippen LogP contribution in [0.15, 0.2) is 42.5 Å². The SMILES string of the molecule is CCC(Oc1cccc2ccccc12)C(=O)NCCCN1CCCCCC1. The third-order valence-corrected chi connectivity index (χ3v) is 5.33. The van der Waals surface area contributed by atoms with Crippen LogP contribution in [0.5, 0.6) is 5.75 Å². The number of hydrogen-bond donors (Lipinski definition) is 1. The smallest absolute Gasteiger partial charge is 0.261 e. The Kier molecular flexibility index (Phi) is 7.52. The van der Waals surface area contributed by atoms with Crippen LogP contribution in [-0.2, 0) is 4.79 Å². The Bertz CT molecular complexity index is 718. The number of rotatable bonds is 8. The van der Waals surface area contributed by atoms with E-state index in [0.29, 0.717) is 13.0 Å². The number of likely N-dealkylation sites (tertiary alicyclic amines) is 1. The molecule has 1 fully saturated rings. The normalized spacial score (nSPS) is 16.6. The van der Waals surface area contributed by atoms with Gasteiger partial charge in [-0.25, -0.2) is 0 Å². The zero-order valence-corrected chi connectivity index (χ0v) is 16.5. The van der Waals surface area contributed by atoms with E-state index in [9.17, 15) is 4.79 Å². The summed E-state index contributed by atoms with van der Waals surface area (Å²) in [5.74, 6) is 0.765. The Morgan fingerprint density at radius 1 is 1.07 bits per heavy atom. The molecule has 4 nitrogen and oxygen atoms in total. The zero-order valence-electron chi connectivity index (χ0n) is 16.5. The van der Waals surface area contributed by atoms with E-state index in [-0.39, 0.29) is 5.91 Å². The number of nitrogens with one attached hydrogen (secondary N) is 1. The summed E-state index contributed by atoms with van der Waals surface area (Å²) < 4.78 is 6.08. The molecule has 27 heavy (non-hydrogen) atoms. The molecule has 3 rings (SSSR count). The lowest BCUT2D eigenvalue weighted by atomic mass is 10.1. The van der Waals surface area contributed by atoms with Crippen LogP contribution in [0.25, 0.3) is 10.8 Å². The number of carbonyl (C=O) groups is 1. The highest BCUT2D eigenvalue weighted by Crippen LogP contribution is 2.26. The van der Waals surface area contributed by atoms with Crippen molar-refractivity contribution in [3.63, 3.8) is 0 Å². The van der Waals surface area contributed by atoms with Gasteiger partial charge in [0.2, 0.25) is 0 Å². The molecule has 1 atom stereocenters. The summed E-state index contributed by atoms with van der Waals surface area (Å²) in [6.07, 6.45) is 6.53. The van der Waals surface area contributed by atoms with Gasteiger partial charge in [0.1, 0.15) is 5.75 Å². The average molecular weight is 369 g/mol. The number of carbonyl (C=O) groups excluding carboxylic acids is 1. The van der Waals surface area contributed by atoms with E-state index in [2.05, 4.69) is 22.3 Å². The predicted octanol–water partition coefficient (Wildman–Crippen LogP) is 4.38. The van der Waals surface area contributed by atoms with Gasteiger partial charge in [-0.3, -0.25) is 4.79 Å². The van der Waals surface area contributed by atoms with Crippen LogP contribution in [0, 0.1) is 0 Å². The van der Waals surface area contributed by atoms with Crippen molar-refractivity contribution in [3.05, 3.63) is 42.5 Å². The average Bonchev–Trinajstić information content (AvgIpc) is 2.98. The molecule has 2 aromatic rings. The molecule has 2 aromatic carbocycles. The molecule has 1 unspecified atom stereocenters. The second kappa shape index (κ2) is 10.3. The third kappa shape index (κ3) is 5.70. The van der Waals surface area contributed by atoms with E-state index < -0.39 is 6.10 Å². The maximum atomic E-state index is 12.6. The molecule has 0 aromatic heterocycles. The van der Waals surface area contributed by atoms with Crippen molar-refractivity contribution in [1.82, 2.24) is 10.2 Å². The molecule has 0 radical (unpaired) electrons. The molecule has 1 aliphatic rings. The molecule has 0 aliphatic carbocycles. The molecule has 0 bridgehead atoms. The quantitative estimate of drug-likeness (QED) is 0.703. The topological polar surface area (TPSA) is 41.6 Å². The number of fused-ring (bicyclic) bond motifs is 1. The first kappa shape index (κ1) is 19.7. The maximum absolute atomic E-state index is 12.6. The van der Waals surface area contributed by atoms with Gasteiger partial charge in [-0.1, -0.05) is 56.2 Å². The van der Waals surface area contributed by atoms with Gasteiger partial charge < -0.3 is 15.0 Å². The van der Waals surface area contributed by atoms with Gasteiger partial charge in [0.25, 0.3) is 5.91 Å². The first-order chi connectivity index (χ1) is 13.3. The molecule has 1 saturated heterocycles. The van der Waals surface area contributed by atoms with Gasteiger partial charge in [-0.15, -0.1) is 0 Å². The molecule has 1 aliphatic heterocycles. The predicted molar refractivity (Wildman–Crippen MR) is 111 cm³/mol. The lowest BCUT2D eigenvalue weighted by molar-refractivity contribution is -0.128. The summed E-state index contributed by atoms with van der Waals surface area (Å²) >= 11 is 0. The Labute approximate surface area is 162 Å². The molecule has 4 heteroatoms. The van der Waals surface area contributed by atoms with Crippen LogP contribution >= 0.6 is 0 Å². The third-order valence-electron chi connectivity index (χ3n) is 5.33. The number of ether oxygens (including phenoxy) is 1. The van der Waals surface area contributed by atoms with Crippen LogP contribution in [0.1, 0.15) is 45.4 Å². The lowest BCUT2D eigenvalue weighted by Crippen LogP contribution is -2.39. The van der Waals surface area contributed by atoms with Crippen molar-refractivity contribution < 1.29 is 9.53 Å². The van der Waals surface area contributed by atoms with E-state index >= 15 is 0 Å². The molecule has 1 heterocycles. The lowest BCUT2D eigenvalue weighted by Gasteiger charge is -2.21. The van der Waals surface area contributed by atoms with E-state index in [1.165, 1.54) is 38.8 Å². The van der Waals surface area contributed by atoms with E-state index in [1.54, 1.807) is 0 Å². The number of nitrogens with zero attached hydrogens (tertiary/aromatic N) is 1. The highest BCUT2D eigenvalue weighted by Gasteiger charge is 2.19. The maximum Gasteiger partial charge on any atom is 0.261 e. The Balaban J connectivity index is 1.48. The second-order valence-electron chi connectivity index (χ2n) is 7.39. The van der Waals surface area contributed by atoms with Gasteiger partial charge in [-0.05, 0) is 56.8 Å². The van der Waals surface area contributed by atoms with Crippen LogP contribution in [-0.4, -0.2) is 43.1 Å². The first-order valence-corrected chi connectivity index (χ1v) is 10.4. The van der Waals surface area contributed by atoms with E-state index in [0.717, 1.165) is 29.5 Å². The number of hydrogen-bond acceptors (Lipinski definition) is 3. The fourth-order valence-electron chi connectivity index (χ4n) is 3.76. The molecular weight excluding hydrogens is 336 g/mol. The van der Waals surface area contributed by atoms with Crippen molar-refractivity contribution in [2.75, 3.05) is 26.2 Å². The van der Waals surface area contributed by atoms with Crippen molar-refractivity contribution in [2.24, 2.45) is 0 Å². The summed E-state index contributed by atoms with van der Waals surface area (Å²) in [6, 6.07) is 14.1. The summed E-state index contributed by atoms with van der Waals surface area (Å²) in [6.45, 7) is 6.18. The fraction of sp³-hybridized carbons (Fsp3) is 0.522. The van der Waals surface area contributed by atoms with Gasteiger partial charge in [0.05, 0.1) is 0 Å². The number of amides is 1. The number of benzene rings is 2. The Morgan fingerprint density at radius 2 is 1.81 bits per heavy atom. The highest BCUT2D eigenvalue weighted by molar-refractivity contribution is 5.89. The first-order valence-electron chi connectivity index (χ1n) is 10.4. The largest absolute Gasteiger partial charge is 0.480 e. The van der Waals surface area contributed by atoms with Crippen LogP contribution in [0.3, 0.4) is 0 Å². The molecule has 1 N–H and O–H groups in total. The monoisotopic (exact) mass is 368 g/mol. The molecule has 1 amide bonds. The van der Waals surface area contributed by atoms with Crippen LogP contribution < -0.4 is 10.1 Å². The molecular formula is C23H32N2O2. The van der Waals surface area contributed by atoms with Crippen molar-refractivity contribution in [2.45, 2.75) is 51.6 Å². The second-order valence-corrected chi connectivity index (χ2v) is 7.39. The van der Waals surface area contributed by atoms with Crippen molar-refractivity contribution in [3.8, 4) is 5.75 Å². The summed E-state index contributed by atoms with van der Waals surface area (Å²) in [7, 11) is 0. The fourth-order valence-corrected chi connectivity index (χ4v) is 3.76. The van der Waals surface area contributed by atoms with Gasteiger partial charge in [0, 0.05) is 11.9 Å². The van der Waals surface area contributed by atoms with Crippen molar-refractivity contribution >= 4 is 16.7 Å². The molecule has 146 valence electrons. The summed E-state index contributed by atoms with van der Waals surface area (Å²) in [5, 5.41) is 5.24. The minimum atomic E-state index is -0.450. The van der Waals surface area contributed by atoms with Gasteiger partial charge in [0.15, 0.2) is 6.10 Å². The van der Waals surface area contributed by atoms with E-state index in [1.807, 2.05) is 37.3 Å². The Morgan fingerprint density at radius 3 is 2.59 bits per heavy atom. The minimum absolute atomic E-state index is 0.0127. The Hall–Kier alpha value is -2.07. The summed E-state index contributed by atoms with van der Waals surface area (Å²) in [5.41, 5.74) is 0. The van der Waals surface area contributed by atoms with Crippen LogP contribution in [0.4, 0.5) is 0 Å². The van der Waals surface area contributed by atoms with Gasteiger partial charge >= 0.3 is 0 Å². The standard InChI is InChI=1S/C23H32N2O2/c1-2-21(27-22-14-9-12-19-11-5-6-13-20(19)22)23(26)24-15-10-18-25-16-7-3-4-8-17-25/h5-6,9,11-14,21H,2-4,7-8,10,15-18H2,1H3,(H,24,26). The summed E-state index contributed by atoms with van der Waals surface area (Å²) in [4.78, 5) is 15.1. The molecule has 0 spiro atoms. The van der Waals surface area contributed by atoms with Crippen molar-refractivity contribution in [1.29, 1.82) is 0 Å². The van der Waals surface area contributed by atoms with E-state index in [4.69, 9.17) is 4.74 Å².